The number of fused-ring (bicyclic) bond motifs is 1. The SMILES string of the molecule is CCc1cc(=O)oc2cc(Oc3ccc(F)cc3[N+](=O)[O-])ccc12. The first-order valence-electron chi connectivity index (χ1n) is 7.16. The van der Waals surface area contributed by atoms with E-state index < -0.39 is 22.1 Å². The van der Waals surface area contributed by atoms with Gasteiger partial charge in [-0.3, -0.25) is 10.1 Å². The van der Waals surface area contributed by atoms with Crippen LogP contribution in [-0.4, -0.2) is 4.92 Å². The number of hydrogen-bond donors (Lipinski definition) is 0. The molecule has 0 saturated heterocycles. The molecule has 24 heavy (non-hydrogen) atoms. The molecular formula is C17H12FNO5. The molecule has 0 amide bonds. The van der Waals surface area contributed by atoms with Gasteiger partial charge in [0.1, 0.15) is 17.1 Å². The average molecular weight is 329 g/mol. The molecule has 0 spiro atoms. The third-order valence-electron chi connectivity index (χ3n) is 3.53. The summed E-state index contributed by atoms with van der Waals surface area (Å²) in [5, 5.41) is 11.8. The lowest BCUT2D eigenvalue weighted by Gasteiger charge is -2.08. The molecule has 0 atom stereocenters. The van der Waals surface area contributed by atoms with E-state index in [2.05, 4.69) is 0 Å². The lowest BCUT2D eigenvalue weighted by Crippen LogP contribution is -2.00. The van der Waals surface area contributed by atoms with Gasteiger partial charge >= 0.3 is 11.3 Å². The Balaban J connectivity index is 2.06. The molecule has 122 valence electrons. The van der Waals surface area contributed by atoms with Gasteiger partial charge in [-0.2, -0.15) is 0 Å². The minimum absolute atomic E-state index is 0.102. The lowest BCUT2D eigenvalue weighted by molar-refractivity contribution is -0.385. The van der Waals surface area contributed by atoms with Crippen LogP contribution in [0.5, 0.6) is 11.5 Å². The molecule has 1 aromatic heterocycles. The summed E-state index contributed by atoms with van der Waals surface area (Å²) in [4.78, 5) is 21.9. The maximum absolute atomic E-state index is 13.2. The topological polar surface area (TPSA) is 82.6 Å². The van der Waals surface area contributed by atoms with Gasteiger partial charge in [-0.05, 0) is 36.2 Å². The number of nitro groups is 1. The van der Waals surface area contributed by atoms with Crippen LogP contribution in [0.2, 0.25) is 0 Å². The van der Waals surface area contributed by atoms with Crippen molar-refractivity contribution < 1.29 is 18.5 Å². The third-order valence-corrected chi connectivity index (χ3v) is 3.53. The summed E-state index contributed by atoms with van der Waals surface area (Å²) < 4.78 is 23.8. The number of aryl methyl sites for hydroxylation is 1. The zero-order valence-electron chi connectivity index (χ0n) is 12.6. The van der Waals surface area contributed by atoms with Crippen LogP contribution in [0.15, 0.2) is 51.7 Å². The van der Waals surface area contributed by atoms with E-state index in [-0.39, 0.29) is 11.5 Å². The third kappa shape index (κ3) is 2.96. The molecular weight excluding hydrogens is 317 g/mol. The second kappa shape index (κ2) is 6.11. The summed E-state index contributed by atoms with van der Waals surface area (Å²) in [7, 11) is 0. The predicted octanol–water partition coefficient (Wildman–Crippen LogP) is 4.20. The fourth-order valence-corrected chi connectivity index (χ4v) is 2.41. The molecule has 0 saturated carbocycles. The zero-order valence-corrected chi connectivity index (χ0v) is 12.6. The molecule has 3 aromatic rings. The number of benzene rings is 2. The molecule has 7 heteroatoms. The summed E-state index contributed by atoms with van der Waals surface area (Å²) in [6, 6.07) is 9.24. The van der Waals surface area contributed by atoms with Gasteiger partial charge in [0.2, 0.25) is 5.75 Å². The van der Waals surface area contributed by atoms with Gasteiger partial charge in [0.25, 0.3) is 0 Å². The van der Waals surface area contributed by atoms with Gasteiger partial charge in [-0.1, -0.05) is 6.92 Å². The van der Waals surface area contributed by atoms with Crippen LogP contribution in [-0.2, 0) is 6.42 Å². The summed E-state index contributed by atoms with van der Waals surface area (Å²) in [5.41, 5.74) is 0.185. The highest BCUT2D eigenvalue weighted by molar-refractivity contribution is 5.81. The van der Waals surface area contributed by atoms with Crippen LogP contribution in [0.3, 0.4) is 0 Å². The first-order valence-corrected chi connectivity index (χ1v) is 7.16. The van der Waals surface area contributed by atoms with E-state index in [0.29, 0.717) is 12.0 Å². The van der Waals surface area contributed by atoms with Gasteiger partial charge in [0.15, 0.2) is 0 Å². The molecule has 1 heterocycles. The Morgan fingerprint density at radius 3 is 2.71 bits per heavy atom. The number of ether oxygens (including phenoxy) is 1. The van der Waals surface area contributed by atoms with E-state index in [0.717, 1.165) is 23.1 Å². The van der Waals surface area contributed by atoms with Crippen molar-refractivity contribution in [3.8, 4) is 11.5 Å². The van der Waals surface area contributed by atoms with Crippen LogP contribution < -0.4 is 10.4 Å². The Hall–Kier alpha value is -3.22. The standard InChI is InChI=1S/C17H12FNO5/c1-2-10-7-17(20)24-16-9-12(4-5-13(10)16)23-15-6-3-11(18)8-14(15)19(21)22/h3-9H,2H2,1H3. The van der Waals surface area contributed by atoms with Crippen molar-refractivity contribution in [2.75, 3.05) is 0 Å². The molecule has 0 fully saturated rings. The molecule has 0 aliphatic rings. The fourth-order valence-electron chi connectivity index (χ4n) is 2.41. The van der Waals surface area contributed by atoms with E-state index in [4.69, 9.17) is 9.15 Å². The number of nitrogens with zero attached hydrogens (tertiary/aromatic N) is 1. The van der Waals surface area contributed by atoms with E-state index in [1.165, 1.54) is 18.2 Å². The van der Waals surface area contributed by atoms with E-state index in [1.54, 1.807) is 12.1 Å². The molecule has 0 aliphatic carbocycles. The fraction of sp³-hybridized carbons (Fsp3) is 0.118. The van der Waals surface area contributed by atoms with E-state index in [1.807, 2.05) is 6.92 Å². The van der Waals surface area contributed by atoms with Gasteiger partial charge < -0.3 is 9.15 Å². The van der Waals surface area contributed by atoms with Gasteiger partial charge in [0, 0.05) is 17.5 Å². The second-order valence-corrected chi connectivity index (χ2v) is 5.07. The smallest absolute Gasteiger partial charge is 0.336 e. The second-order valence-electron chi connectivity index (χ2n) is 5.07. The quantitative estimate of drug-likeness (QED) is 0.407. The Morgan fingerprint density at radius 1 is 1.21 bits per heavy atom. The highest BCUT2D eigenvalue weighted by Gasteiger charge is 2.17. The average Bonchev–Trinajstić information content (AvgIpc) is 2.55. The summed E-state index contributed by atoms with van der Waals surface area (Å²) in [6.45, 7) is 1.92. The monoisotopic (exact) mass is 329 g/mol. The number of halogens is 1. The van der Waals surface area contributed by atoms with Crippen molar-refractivity contribution in [3.05, 3.63) is 74.4 Å². The molecule has 0 N–H and O–H groups in total. The largest absolute Gasteiger partial charge is 0.450 e. The summed E-state index contributed by atoms with van der Waals surface area (Å²) in [6.07, 6.45) is 0.658. The van der Waals surface area contributed by atoms with Crippen LogP contribution in [0.1, 0.15) is 12.5 Å². The Morgan fingerprint density at radius 2 is 2.00 bits per heavy atom. The Bertz CT molecular complexity index is 996. The number of hydrogen-bond acceptors (Lipinski definition) is 5. The zero-order chi connectivity index (χ0) is 17.3. The van der Waals surface area contributed by atoms with Crippen molar-refractivity contribution in [2.45, 2.75) is 13.3 Å². The van der Waals surface area contributed by atoms with Gasteiger partial charge in [0.05, 0.1) is 11.0 Å². The highest BCUT2D eigenvalue weighted by atomic mass is 19.1. The van der Waals surface area contributed by atoms with Crippen LogP contribution >= 0.6 is 0 Å². The maximum Gasteiger partial charge on any atom is 0.336 e. The lowest BCUT2D eigenvalue weighted by atomic mass is 10.1. The number of nitro benzene ring substituents is 1. The van der Waals surface area contributed by atoms with Crippen LogP contribution in [0, 0.1) is 15.9 Å². The Kier molecular flexibility index (Phi) is 3.99. The van der Waals surface area contributed by atoms with Crippen LogP contribution in [0.25, 0.3) is 11.0 Å². The molecule has 2 aromatic carbocycles. The minimum Gasteiger partial charge on any atom is -0.450 e. The summed E-state index contributed by atoms with van der Waals surface area (Å²) >= 11 is 0. The summed E-state index contributed by atoms with van der Waals surface area (Å²) in [5.74, 6) is -0.588. The number of rotatable bonds is 4. The van der Waals surface area contributed by atoms with Crippen molar-refractivity contribution in [1.82, 2.24) is 0 Å². The van der Waals surface area contributed by atoms with E-state index >= 15 is 0 Å². The molecule has 0 bridgehead atoms. The van der Waals surface area contributed by atoms with Crippen LogP contribution in [0.4, 0.5) is 10.1 Å². The minimum atomic E-state index is -0.730. The molecule has 6 nitrogen and oxygen atoms in total. The first kappa shape index (κ1) is 15.7. The normalized spacial score (nSPS) is 10.8. The van der Waals surface area contributed by atoms with Gasteiger partial charge in [-0.15, -0.1) is 0 Å². The molecule has 0 radical (unpaired) electrons. The molecule has 0 unspecified atom stereocenters. The maximum atomic E-state index is 13.2. The highest BCUT2D eigenvalue weighted by Crippen LogP contribution is 2.33. The molecule has 3 rings (SSSR count). The van der Waals surface area contributed by atoms with Gasteiger partial charge in [-0.25, -0.2) is 9.18 Å². The molecule has 0 aliphatic heterocycles. The van der Waals surface area contributed by atoms with Crippen molar-refractivity contribution in [1.29, 1.82) is 0 Å². The first-order chi connectivity index (χ1) is 11.5. The Labute approximate surface area is 135 Å². The van der Waals surface area contributed by atoms with Crippen molar-refractivity contribution in [3.63, 3.8) is 0 Å². The van der Waals surface area contributed by atoms with Crippen molar-refractivity contribution >= 4 is 16.7 Å². The van der Waals surface area contributed by atoms with Crippen molar-refractivity contribution in [2.24, 2.45) is 0 Å². The predicted molar refractivity (Wildman–Crippen MR) is 85.0 cm³/mol. The van der Waals surface area contributed by atoms with E-state index in [9.17, 15) is 19.3 Å².